The van der Waals surface area contributed by atoms with Gasteiger partial charge in [-0.1, -0.05) is 30.3 Å². The molecule has 5 heteroatoms. The zero-order valence-electron chi connectivity index (χ0n) is 13.3. The maximum Gasteiger partial charge on any atom is 0.150 e. The summed E-state index contributed by atoms with van der Waals surface area (Å²) in [7, 11) is 0. The summed E-state index contributed by atoms with van der Waals surface area (Å²) in [4.78, 5) is 23.7. The molecule has 0 atom stereocenters. The lowest BCUT2D eigenvalue weighted by Crippen LogP contribution is -1.96. The number of carbonyl (C=O) groups is 1. The molecule has 0 radical (unpaired) electrons. The Bertz CT molecular complexity index is 1060. The summed E-state index contributed by atoms with van der Waals surface area (Å²) >= 11 is 0. The summed E-state index contributed by atoms with van der Waals surface area (Å²) in [5.41, 5.74) is 3.19. The van der Waals surface area contributed by atoms with Crippen LogP contribution in [0, 0.1) is 0 Å². The van der Waals surface area contributed by atoms with Crippen molar-refractivity contribution in [3.63, 3.8) is 0 Å². The van der Waals surface area contributed by atoms with Crippen LogP contribution in [0.25, 0.3) is 22.0 Å². The highest BCUT2D eigenvalue weighted by Gasteiger charge is 2.05. The van der Waals surface area contributed by atoms with Crippen LogP contribution in [-0.4, -0.2) is 21.2 Å². The topological polar surface area (TPSA) is 67.8 Å². The monoisotopic (exact) mass is 326 g/mol. The van der Waals surface area contributed by atoms with Crippen LogP contribution < -0.4 is 5.32 Å². The first kappa shape index (κ1) is 15.0. The van der Waals surface area contributed by atoms with E-state index in [0.717, 1.165) is 34.0 Å². The zero-order valence-corrected chi connectivity index (χ0v) is 13.3. The van der Waals surface area contributed by atoms with Crippen molar-refractivity contribution in [3.05, 3.63) is 78.9 Å². The highest BCUT2D eigenvalue weighted by atomic mass is 16.1. The number of nitrogens with one attached hydrogen (secondary N) is 1. The number of aromatic nitrogens is 3. The van der Waals surface area contributed by atoms with Crippen LogP contribution in [0.2, 0.25) is 0 Å². The van der Waals surface area contributed by atoms with Crippen LogP contribution in [0.15, 0.2) is 73.3 Å². The lowest BCUT2D eigenvalue weighted by molar-refractivity contribution is 0.112. The van der Waals surface area contributed by atoms with Crippen LogP contribution in [-0.2, 0) is 0 Å². The van der Waals surface area contributed by atoms with Crippen molar-refractivity contribution in [1.29, 1.82) is 0 Å². The van der Waals surface area contributed by atoms with Crippen LogP contribution in [0.3, 0.4) is 0 Å². The van der Waals surface area contributed by atoms with E-state index in [1.165, 1.54) is 6.33 Å². The molecule has 4 rings (SSSR count). The molecule has 0 spiro atoms. The summed E-state index contributed by atoms with van der Waals surface area (Å²) in [6.45, 7) is 0. The standard InChI is InChI=1S/C20H14N4O/c25-12-14-3-1-4-15(9-14)19-10-20(23-13-22-19)24-18-6-2-5-16-11-21-8-7-17(16)18/h1-13H,(H,22,23,24). The van der Waals surface area contributed by atoms with E-state index in [9.17, 15) is 4.79 Å². The number of benzene rings is 2. The molecule has 4 aromatic rings. The van der Waals surface area contributed by atoms with Gasteiger partial charge in [-0.05, 0) is 18.2 Å². The van der Waals surface area contributed by atoms with Gasteiger partial charge < -0.3 is 5.32 Å². The van der Waals surface area contributed by atoms with Crippen LogP contribution in [0.4, 0.5) is 11.5 Å². The average Bonchev–Trinajstić information content (AvgIpc) is 2.68. The lowest BCUT2D eigenvalue weighted by atomic mass is 10.1. The zero-order chi connectivity index (χ0) is 17.1. The van der Waals surface area contributed by atoms with E-state index < -0.39 is 0 Å². The fourth-order valence-corrected chi connectivity index (χ4v) is 2.72. The maximum absolute atomic E-state index is 11.0. The Morgan fingerprint density at radius 2 is 1.88 bits per heavy atom. The molecule has 0 fully saturated rings. The molecule has 2 aromatic carbocycles. The van der Waals surface area contributed by atoms with Crippen LogP contribution >= 0.6 is 0 Å². The van der Waals surface area contributed by atoms with E-state index in [0.29, 0.717) is 11.4 Å². The van der Waals surface area contributed by atoms with Crippen molar-refractivity contribution >= 4 is 28.6 Å². The quantitative estimate of drug-likeness (QED) is 0.568. The minimum Gasteiger partial charge on any atom is -0.340 e. The molecule has 1 N–H and O–H groups in total. The molecular weight excluding hydrogens is 312 g/mol. The molecule has 0 bridgehead atoms. The van der Waals surface area contributed by atoms with Gasteiger partial charge in [0.25, 0.3) is 0 Å². The van der Waals surface area contributed by atoms with Gasteiger partial charge in [-0.3, -0.25) is 9.78 Å². The largest absolute Gasteiger partial charge is 0.340 e. The van der Waals surface area contributed by atoms with Crippen molar-refractivity contribution in [1.82, 2.24) is 15.0 Å². The van der Waals surface area contributed by atoms with Crippen LogP contribution in [0.1, 0.15) is 10.4 Å². The van der Waals surface area contributed by atoms with E-state index >= 15 is 0 Å². The first-order valence-electron chi connectivity index (χ1n) is 7.81. The molecule has 25 heavy (non-hydrogen) atoms. The summed E-state index contributed by atoms with van der Waals surface area (Å²) in [5.74, 6) is 0.686. The fourth-order valence-electron chi connectivity index (χ4n) is 2.72. The summed E-state index contributed by atoms with van der Waals surface area (Å²) in [6.07, 6.45) is 5.94. The minimum absolute atomic E-state index is 0.618. The molecule has 0 amide bonds. The number of fused-ring (bicyclic) bond motifs is 1. The van der Waals surface area contributed by atoms with E-state index in [4.69, 9.17) is 0 Å². The summed E-state index contributed by atoms with van der Waals surface area (Å²) in [6, 6.07) is 17.2. The second-order valence-electron chi connectivity index (χ2n) is 5.56. The molecule has 0 aliphatic carbocycles. The molecule has 120 valence electrons. The second-order valence-corrected chi connectivity index (χ2v) is 5.56. The summed E-state index contributed by atoms with van der Waals surface area (Å²) < 4.78 is 0. The summed E-state index contributed by atoms with van der Waals surface area (Å²) in [5, 5.41) is 5.46. The van der Waals surface area contributed by atoms with Gasteiger partial charge in [0.2, 0.25) is 0 Å². The van der Waals surface area contributed by atoms with Gasteiger partial charge in [-0.15, -0.1) is 0 Å². The average molecular weight is 326 g/mol. The van der Waals surface area contributed by atoms with E-state index in [2.05, 4.69) is 20.3 Å². The van der Waals surface area contributed by atoms with Gasteiger partial charge in [-0.2, -0.15) is 0 Å². The lowest BCUT2D eigenvalue weighted by Gasteiger charge is -2.10. The Balaban J connectivity index is 1.71. The molecule has 0 aliphatic rings. The van der Waals surface area contributed by atoms with Crippen molar-refractivity contribution in [3.8, 4) is 11.3 Å². The number of rotatable bonds is 4. The van der Waals surface area contributed by atoms with Crippen molar-refractivity contribution < 1.29 is 4.79 Å². The Kier molecular flexibility index (Phi) is 3.88. The van der Waals surface area contributed by atoms with E-state index in [1.807, 2.05) is 54.7 Å². The van der Waals surface area contributed by atoms with Gasteiger partial charge in [0.15, 0.2) is 0 Å². The number of carbonyl (C=O) groups excluding carboxylic acids is 1. The molecule has 5 nitrogen and oxygen atoms in total. The predicted octanol–water partition coefficient (Wildman–Crippen LogP) is 4.25. The third-order valence-electron chi connectivity index (χ3n) is 3.93. The molecule has 2 aromatic heterocycles. The van der Waals surface area contributed by atoms with Gasteiger partial charge in [0.1, 0.15) is 18.4 Å². The molecule has 0 saturated carbocycles. The number of hydrogen-bond donors (Lipinski definition) is 1. The molecule has 0 saturated heterocycles. The number of hydrogen-bond acceptors (Lipinski definition) is 5. The highest BCUT2D eigenvalue weighted by molar-refractivity contribution is 5.94. The van der Waals surface area contributed by atoms with Gasteiger partial charge >= 0.3 is 0 Å². The maximum atomic E-state index is 11.0. The third kappa shape index (κ3) is 3.07. The smallest absolute Gasteiger partial charge is 0.150 e. The Labute approximate surface area is 144 Å². The van der Waals surface area contributed by atoms with Crippen molar-refractivity contribution in [2.45, 2.75) is 0 Å². The molecule has 0 aliphatic heterocycles. The first-order chi connectivity index (χ1) is 12.3. The Morgan fingerprint density at radius 1 is 0.960 bits per heavy atom. The Morgan fingerprint density at radius 3 is 2.80 bits per heavy atom. The SMILES string of the molecule is O=Cc1cccc(-c2cc(Nc3cccc4cnccc34)ncn2)c1. The molecule has 2 heterocycles. The van der Waals surface area contributed by atoms with Gasteiger partial charge in [0, 0.05) is 46.0 Å². The Hall–Kier alpha value is -3.60. The molecular formula is C20H14N4O. The van der Waals surface area contributed by atoms with E-state index in [1.54, 1.807) is 12.3 Å². The fraction of sp³-hybridized carbons (Fsp3) is 0. The highest BCUT2D eigenvalue weighted by Crippen LogP contribution is 2.26. The van der Waals surface area contributed by atoms with Gasteiger partial charge in [-0.25, -0.2) is 9.97 Å². The molecule has 0 unspecified atom stereocenters. The number of aldehydes is 1. The number of nitrogens with zero attached hydrogens (tertiary/aromatic N) is 3. The number of pyridine rings is 1. The van der Waals surface area contributed by atoms with Crippen molar-refractivity contribution in [2.24, 2.45) is 0 Å². The normalized spacial score (nSPS) is 10.6. The third-order valence-corrected chi connectivity index (χ3v) is 3.93. The predicted molar refractivity (Wildman–Crippen MR) is 97.9 cm³/mol. The first-order valence-corrected chi connectivity index (χ1v) is 7.81. The second kappa shape index (κ2) is 6.49. The van der Waals surface area contributed by atoms with Gasteiger partial charge in [0.05, 0.1) is 5.69 Å². The number of anilines is 2. The minimum atomic E-state index is 0.618. The van der Waals surface area contributed by atoms with Crippen molar-refractivity contribution in [2.75, 3.05) is 5.32 Å². The van der Waals surface area contributed by atoms with Crippen LogP contribution in [0.5, 0.6) is 0 Å². The van der Waals surface area contributed by atoms with E-state index in [-0.39, 0.29) is 0 Å².